The highest BCUT2D eigenvalue weighted by atomic mass is 19.4. The van der Waals surface area contributed by atoms with E-state index in [2.05, 4.69) is 9.72 Å². The number of hydrogen-bond acceptors (Lipinski definition) is 5. The zero-order chi connectivity index (χ0) is 13.9. The van der Waals surface area contributed by atoms with Crippen LogP contribution >= 0.6 is 0 Å². The van der Waals surface area contributed by atoms with Crippen LogP contribution in [-0.4, -0.2) is 27.3 Å². The van der Waals surface area contributed by atoms with Gasteiger partial charge in [-0.15, -0.1) is 0 Å². The van der Waals surface area contributed by atoms with Crippen molar-refractivity contribution in [2.75, 3.05) is 0 Å². The topological polar surface area (TPSA) is 79.7 Å². The van der Waals surface area contributed by atoms with Gasteiger partial charge >= 0.3 is 12.1 Å². The Labute approximate surface area is 99.8 Å². The second-order valence-electron chi connectivity index (χ2n) is 3.43. The van der Waals surface area contributed by atoms with Crippen molar-refractivity contribution in [1.29, 1.82) is 0 Å². The van der Waals surface area contributed by atoms with Gasteiger partial charge in [0.05, 0.1) is 12.3 Å². The fourth-order valence-corrected chi connectivity index (χ4v) is 1.21. The van der Waals surface area contributed by atoms with Gasteiger partial charge in [-0.05, 0) is 6.92 Å². The molecule has 2 N–H and O–H groups in total. The third-order valence-electron chi connectivity index (χ3n) is 2.18. The molecule has 0 unspecified atom stereocenters. The molecule has 18 heavy (non-hydrogen) atoms. The number of rotatable bonds is 3. The van der Waals surface area contributed by atoms with E-state index in [0.717, 1.165) is 6.20 Å². The average molecular weight is 265 g/mol. The van der Waals surface area contributed by atoms with Crippen molar-refractivity contribution in [2.45, 2.75) is 26.3 Å². The minimum atomic E-state index is -5.08. The minimum absolute atomic E-state index is 0.0122. The summed E-state index contributed by atoms with van der Waals surface area (Å²) in [5.41, 5.74) is 0.209. The molecule has 8 heteroatoms. The summed E-state index contributed by atoms with van der Waals surface area (Å²) in [7, 11) is 0. The molecule has 0 atom stereocenters. The normalized spacial score (nSPS) is 11.4. The van der Waals surface area contributed by atoms with Crippen molar-refractivity contribution in [3.05, 3.63) is 23.0 Å². The highest BCUT2D eigenvalue weighted by Crippen LogP contribution is 2.25. The Morgan fingerprint density at radius 3 is 2.61 bits per heavy atom. The summed E-state index contributed by atoms with van der Waals surface area (Å²) < 4.78 is 39.7. The first-order valence-corrected chi connectivity index (χ1v) is 4.78. The maximum atomic E-state index is 11.9. The van der Waals surface area contributed by atoms with Crippen molar-refractivity contribution in [1.82, 2.24) is 4.98 Å². The second-order valence-corrected chi connectivity index (χ2v) is 3.43. The molecule has 1 rings (SSSR count). The molecule has 0 aliphatic rings. The van der Waals surface area contributed by atoms with Crippen molar-refractivity contribution < 1.29 is 32.9 Å². The highest BCUT2D eigenvalue weighted by molar-refractivity contribution is 5.75. The number of carbonyl (C=O) groups excluding carboxylic acids is 1. The fourth-order valence-electron chi connectivity index (χ4n) is 1.21. The average Bonchev–Trinajstić information content (AvgIpc) is 2.29. The Morgan fingerprint density at radius 1 is 1.50 bits per heavy atom. The smallest absolute Gasteiger partial charge is 0.490 e. The van der Waals surface area contributed by atoms with Gasteiger partial charge in [0.1, 0.15) is 12.4 Å². The van der Waals surface area contributed by atoms with Gasteiger partial charge < -0.3 is 14.9 Å². The van der Waals surface area contributed by atoms with Gasteiger partial charge in [0.2, 0.25) is 0 Å². The molecule has 0 spiro atoms. The van der Waals surface area contributed by atoms with Gasteiger partial charge in [0.15, 0.2) is 0 Å². The van der Waals surface area contributed by atoms with Crippen LogP contribution in [0.15, 0.2) is 6.20 Å². The quantitative estimate of drug-likeness (QED) is 0.802. The lowest BCUT2D eigenvalue weighted by Crippen LogP contribution is -2.25. The van der Waals surface area contributed by atoms with Gasteiger partial charge in [-0.25, -0.2) is 4.79 Å². The summed E-state index contributed by atoms with van der Waals surface area (Å²) >= 11 is 0. The van der Waals surface area contributed by atoms with Crippen LogP contribution in [0.3, 0.4) is 0 Å². The molecule has 0 aliphatic carbocycles. The third kappa shape index (κ3) is 3.10. The van der Waals surface area contributed by atoms with Gasteiger partial charge in [-0.3, -0.25) is 4.98 Å². The number of halogens is 3. The number of ether oxygens (including phenoxy) is 1. The number of pyridine rings is 1. The predicted molar refractivity (Wildman–Crippen MR) is 52.4 cm³/mol. The predicted octanol–water partition coefficient (Wildman–Crippen LogP) is 1.19. The second kappa shape index (κ2) is 5.21. The first kappa shape index (κ1) is 14.2. The van der Waals surface area contributed by atoms with E-state index in [0.29, 0.717) is 0 Å². The van der Waals surface area contributed by atoms with E-state index in [-0.39, 0.29) is 22.6 Å². The maximum Gasteiger partial charge on any atom is 0.490 e. The zero-order valence-corrected chi connectivity index (χ0v) is 9.28. The summed E-state index contributed by atoms with van der Waals surface area (Å²) in [4.78, 5) is 14.2. The standard InChI is InChI=1S/C10H10F3NO4/c1-5-8(16)7(3-15)6(2-14-5)4-18-9(17)10(11,12)13/h2,15-16H,3-4H2,1H3. The Balaban J connectivity index is 2.86. The lowest BCUT2D eigenvalue weighted by Gasteiger charge is -2.12. The summed E-state index contributed by atoms with van der Waals surface area (Å²) in [6, 6.07) is 0. The summed E-state index contributed by atoms with van der Waals surface area (Å²) in [5, 5.41) is 18.5. The number of aliphatic hydroxyl groups is 1. The Morgan fingerprint density at radius 2 is 2.11 bits per heavy atom. The van der Waals surface area contributed by atoms with Crippen LogP contribution in [0.4, 0.5) is 13.2 Å². The van der Waals surface area contributed by atoms with E-state index < -0.39 is 25.4 Å². The van der Waals surface area contributed by atoms with E-state index in [1.807, 2.05) is 0 Å². The molecule has 0 fully saturated rings. The number of aromatic nitrogens is 1. The third-order valence-corrected chi connectivity index (χ3v) is 2.18. The number of carbonyl (C=O) groups is 1. The number of esters is 1. The SMILES string of the molecule is Cc1ncc(COC(=O)C(F)(F)F)c(CO)c1O. The van der Waals surface area contributed by atoms with Crippen molar-refractivity contribution in [2.24, 2.45) is 0 Å². The van der Waals surface area contributed by atoms with Crippen LogP contribution in [0.1, 0.15) is 16.8 Å². The molecule has 0 amide bonds. The lowest BCUT2D eigenvalue weighted by molar-refractivity contribution is -0.201. The summed E-state index contributed by atoms with van der Waals surface area (Å²) in [5.74, 6) is -2.68. The largest absolute Gasteiger partial charge is 0.506 e. The number of aryl methyl sites for hydroxylation is 1. The molecule has 1 aromatic rings. The minimum Gasteiger partial charge on any atom is -0.506 e. The molecular weight excluding hydrogens is 255 g/mol. The molecule has 5 nitrogen and oxygen atoms in total. The van der Waals surface area contributed by atoms with E-state index in [1.54, 1.807) is 0 Å². The zero-order valence-electron chi connectivity index (χ0n) is 9.28. The van der Waals surface area contributed by atoms with Gasteiger partial charge in [-0.2, -0.15) is 13.2 Å². The molecule has 0 radical (unpaired) electrons. The highest BCUT2D eigenvalue weighted by Gasteiger charge is 2.41. The fraction of sp³-hybridized carbons (Fsp3) is 0.400. The van der Waals surface area contributed by atoms with Gasteiger partial charge in [0, 0.05) is 17.3 Å². The van der Waals surface area contributed by atoms with Crippen molar-refractivity contribution in [3.8, 4) is 5.75 Å². The number of aromatic hydroxyl groups is 1. The van der Waals surface area contributed by atoms with Crippen molar-refractivity contribution >= 4 is 5.97 Å². The molecule has 100 valence electrons. The maximum absolute atomic E-state index is 11.9. The van der Waals surface area contributed by atoms with Crippen LogP contribution in [0.25, 0.3) is 0 Å². The van der Waals surface area contributed by atoms with Crippen LogP contribution in [0.2, 0.25) is 0 Å². The Hall–Kier alpha value is -1.83. The Bertz CT molecular complexity index is 459. The molecule has 1 heterocycles. The number of alkyl halides is 3. The lowest BCUT2D eigenvalue weighted by atomic mass is 10.1. The van der Waals surface area contributed by atoms with Crippen molar-refractivity contribution in [3.63, 3.8) is 0 Å². The van der Waals surface area contributed by atoms with E-state index in [9.17, 15) is 23.1 Å². The first-order chi connectivity index (χ1) is 8.27. The molecule has 0 aromatic carbocycles. The van der Waals surface area contributed by atoms with E-state index >= 15 is 0 Å². The van der Waals surface area contributed by atoms with Crippen LogP contribution in [0.5, 0.6) is 5.75 Å². The number of aliphatic hydroxyl groups excluding tert-OH is 1. The summed E-state index contributed by atoms with van der Waals surface area (Å²) in [6.07, 6.45) is -3.95. The van der Waals surface area contributed by atoms with E-state index in [4.69, 9.17) is 5.11 Å². The van der Waals surface area contributed by atoms with Crippen LogP contribution < -0.4 is 0 Å². The molecule has 1 aromatic heterocycles. The number of hydrogen-bond donors (Lipinski definition) is 2. The molecule has 0 saturated carbocycles. The van der Waals surface area contributed by atoms with Gasteiger partial charge in [-0.1, -0.05) is 0 Å². The molecule has 0 aliphatic heterocycles. The molecular formula is C10H10F3NO4. The van der Waals surface area contributed by atoms with Crippen LogP contribution in [0, 0.1) is 6.92 Å². The van der Waals surface area contributed by atoms with Gasteiger partial charge in [0.25, 0.3) is 0 Å². The van der Waals surface area contributed by atoms with E-state index in [1.165, 1.54) is 6.92 Å². The monoisotopic (exact) mass is 265 g/mol. The molecule has 0 saturated heterocycles. The van der Waals surface area contributed by atoms with Crippen LogP contribution in [-0.2, 0) is 22.7 Å². The first-order valence-electron chi connectivity index (χ1n) is 4.78. The molecule has 0 bridgehead atoms. The Kier molecular flexibility index (Phi) is 4.12. The summed E-state index contributed by atoms with van der Waals surface area (Å²) in [6.45, 7) is 0.128. The number of nitrogens with zero attached hydrogens (tertiary/aromatic N) is 1.